The van der Waals surface area contributed by atoms with Crippen molar-refractivity contribution < 1.29 is 17.9 Å². The molecule has 1 saturated heterocycles. The number of nitrogens with zero attached hydrogens (tertiary/aromatic N) is 2. The van der Waals surface area contributed by atoms with Gasteiger partial charge in [0.15, 0.2) is 0 Å². The molecule has 0 spiro atoms. The van der Waals surface area contributed by atoms with Gasteiger partial charge in [0, 0.05) is 32.1 Å². The number of morpholine rings is 1. The minimum Gasteiger partial charge on any atom is -0.378 e. The van der Waals surface area contributed by atoms with Crippen molar-refractivity contribution in [2.24, 2.45) is 0 Å². The lowest BCUT2D eigenvalue weighted by Crippen LogP contribution is -2.40. The summed E-state index contributed by atoms with van der Waals surface area (Å²) in [5.41, 5.74) is 1.33. The van der Waals surface area contributed by atoms with Gasteiger partial charge in [-0.05, 0) is 11.6 Å². The number of benzene rings is 1. The smallest absolute Gasteiger partial charge is 0.254 e. The van der Waals surface area contributed by atoms with Gasteiger partial charge in [-0.25, -0.2) is 8.42 Å². The first-order valence-electron chi connectivity index (χ1n) is 7.94. The molecule has 2 aromatic rings. The van der Waals surface area contributed by atoms with Crippen LogP contribution in [0.25, 0.3) is 0 Å². The van der Waals surface area contributed by atoms with Crippen LogP contribution >= 0.6 is 11.3 Å². The van der Waals surface area contributed by atoms with Crippen LogP contribution in [0.5, 0.6) is 0 Å². The van der Waals surface area contributed by atoms with E-state index in [9.17, 15) is 13.2 Å². The Morgan fingerprint density at radius 3 is 2.60 bits per heavy atom. The van der Waals surface area contributed by atoms with Crippen LogP contribution in [0.4, 0.5) is 0 Å². The van der Waals surface area contributed by atoms with Gasteiger partial charge in [-0.1, -0.05) is 30.3 Å². The van der Waals surface area contributed by atoms with Crippen molar-refractivity contribution in [3.63, 3.8) is 0 Å². The fourth-order valence-electron chi connectivity index (χ4n) is 2.59. The van der Waals surface area contributed by atoms with Crippen molar-refractivity contribution in [1.82, 2.24) is 9.21 Å². The Balaban J connectivity index is 1.74. The molecule has 3 rings (SSSR count). The second-order valence-corrected chi connectivity index (χ2v) is 8.99. The second kappa shape index (κ2) is 7.65. The Morgan fingerprint density at radius 1 is 1.24 bits per heavy atom. The van der Waals surface area contributed by atoms with Gasteiger partial charge in [0.05, 0.1) is 18.8 Å². The van der Waals surface area contributed by atoms with Crippen LogP contribution in [0.1, 0.15) is 15.9 Å². The number of hydrogen-bond donors (Lipinski definition) is 0. The molecule has 0 unspecified atom stereocenters. The minimum atomic E-state index is -3.62. The molecule has 1 aromatic carbocycles. The van der Waals surface area contributed by atoms with Crippen LogP contribution in [-0.4, -0.2) is 56.9 Å². The maximum atomic E-state index is 12.7. The zero-order chi connectivity index (χ0) is 17.9. The fourth-order valence-corrected chi connectivity index (χ4v) is 5.11. The van der Waals surface area contributed by atoms with Crippen LogP contribution in [0.15, 0.2) is 46.0 Å². The summed E-state index contributed by atoms with van der Waals surface area (Å²) in [5, 5.41) is 1.61. The van der Waals surface area contributed by atoms with E-state index < -0.39 is 10.0 Å². The molecule has 6 nitrogen and oxygen atoms in total. The van der Waals surface area contributed by atoms with Crippen LogP contribution in [0.2, 0.25) is 0 Å². The molecule has 0 aliphatic carbocycles. The van der Waals surface area contributed by atoms with Gasteiger partial charge >= 0.3 is 0 Å². The monoisotopic (exact) mass is 380 g/mol. The van der Waals surface area contributed by atoms with Crippen LogP contribution in [0.3, 0.4) is 0 Å². The first-order chi connectivity index (χ1) is 12.0. The van der Waals surface area contributed by atoms with Crippen molar-refractivity contribution in [2.75, 3.05) is 33.4 Å². The lowest BCUT2D eigenvalue weighted by atomic mass is 10.2. The Kier molecular flexibility index (Phi) is 5.53. The molecule has 0 N–H and O–H groups in total. The SMILES string of the molecule is CN(Cc1ccccc1)S(=O)(=O)c1cc(C(=O)N2CCOCC2)cs1. The molecular weight excluding hydrogens is 360 g/mol. The number of thiophene rings is 1. The van der Waals surface area contributed by atoms with Crippen LogP contribution < -0.4 is 0 Å². The van der Waals surface area contributed by atoms with Gasteiger partial charge in [0.2, 0.25) is 0 Å². The zero-order valence-corrected chi connectivity index (χ0v) is 15.6. The summed E-state index contributed by atoms with van der Waals surface area (Å²) in [7, 11) is -2.08. The highest BCUT2D eigenvalue weighted by molar-refractivity contribution is 7.91. The molecule has 0 saturated carbocycles. The molecule has 8 heteroatoms. The average molecular weight is 380 g/mol. The van der Waals surface area contributed by atoms with Gasteiger partial charge in [-0.2, -0.15) is 4.31 Å². The molecule has 1 aliphatic rings. The van der Waals surface area contributed by atoms with E-state index in [2.05, 4.69) is 0 Å². The topological polar surface area (TPSA) is 66.9 Å². The van der Waals surface area contributed by atoms with Crippen LogP contribution in [-0.2, 0) is 21.3 Å². The normalized spacial score (nSPS) is 15.5. The van der Waals surface area contributed by atoms with Gasteiger partial charge < -0.3 is 9.64 Å². The molecular formula is C17H20N2O4S2. The summed E-state index contributed by atoms with van der Waals surface area (Å²) in [6.45, 7) is 2.38. The summed E-state index contributed by atoms with van der Waals surface area (Å²) in [4.78, 5) is 14.2. The molecule has 2 heterocycles. The lowest BCUT2D eigenvalue weighted by molar-refractivity contribution is 0.0303. The predicted octanol–water partition coefficient (Wildman–Crippen LogP) is 2.04. The number of ether oxygens (including phenoxy) is 1. The molecule has 1 aromatic heterocycles. The second-order valence-electron chi connectivity index (χ2n) is 5.81. The van der Waals surface area contributed by atoms with E-state index in [1.807, 2.05) is 30.3 Å². The van der Waals surface area contributed by atoms with Gasteiger partial charge in [-0.3, -0.25) is 4.79 Å². The quantitative estimate of drug-likeness (QED) is 0.796. The van der Waals surface area contributed by atoms with E-state index in [0.717, 1.165) is 16.9 Å². The Hall–Kier alpha value is -1.74. The van der Waals surface area contributed by atoms with E-state index >= 15 is 0 Å². The van der Waals surface area contributed by atoms with E-state index in [-0.39, 0.29) is 16.7 Å². The summed E-state index contributed by atoms with van der Waals surface area (Å²) >= 11 is 1.08. The molecule has 0 atom stereocenters. The van der Waals surface area contributed by atoms with Gasteiger partial charge in [-0.15, -0.1) is 11.3 Å². The summed E-state index contributed by atoms with van der Waals surface area (Å²) in [6, 6.07) is 10.9. The summed E-state index contributed by atoms with van der Waals surface area (Å²) in [6.07, 6.45) is 0. The van der Waals surface area contributed by atoms with E-state index in [1.54, 1.807) is 17.3 Å². The van der Waals surface area contributed by atoms with Crippen molar-refractivity contribution in [2.45, 2.75) is 10.8 Å². The lowest BCUT2D eigenvalue weighted by Gasteiger charge is -2.26. The Bertz CT molecular complexity index is 827. The minimum absolute atomic E-state index is 0.147. The van der Waals surface area contributed by atoms with Crippen molar-refractivity contribution in [3.05, 3.63) is 52.9 Å². The number of carbonyl (C=O) groups is 1. The molecule has 25 heavy (non-hydrogen) atoms. The highest BCUT2D eigenvalue weighted by Crippen LogP contribution is 2.25. The maximum absolute atomic E-state index is 12.7. The summed E-state index contributed by atoms with van der Waals surface area (Å²) in [5.74, 6) is -0.147. The first-order valence-corrected chi connectivity index (χ1v) is 10.3. The number of hydrogen-bond acceptors (Lipinski definition) is 5. The van der Waals surface area contributed by atoms with Crippen molar-refractivity contribution >= 4 is 27.3 Å². The number of sulfonamides is 1. The standard InChI is InChI=1S/C17H20N2O4S2/c1-18(12-14-5-3-2-4-6-14)25(21,22)16-11-15(13-24-16)17(20)19-7-9-23-10-8-19/h2-6,11,13H,7-10,12H2,1H3. The Morgan fingerprint density at radius 2 is 1.92 bits per heavy atom. The maximum Gasteiger partial charge on any atom is 0.254 e. The van der Waals surface area contributed by atoms with Gasteiger partial charge in [0.25, 0.3) is 15.9 Å². The zero-order valence-electron chi connectivity index (χ0n) is 13.9. The third-order valence-electron chi connectivity index (χ3n) is 4.03. The van der Waals surface area contributed by atoms with E-state index in [1.165, 1.54) is 10.4 Å². The summed E-state index contributed by atoms with van der Waals surface area (Å²) < 4.78 is 32.2. The third-order valence-corrected chi connectivity index (χ3v) is 7.25. The number of carbonyl (C=O) groups excluding carboxylic acids is 1. The van der Waals surface area contributed by atoms with Gasteiger partial charge in [0.1, 0.15) is 4.21 Å². The molecule has 1 aliphatic heterocycles. The van der Waals surface area contributed by atoms with Crippen molar-refractivity contribution in [3.8, 4) is 0 Å². The fraction of sp³-hybridized carbons (Fsp3) is 0.353. The highest BCUT2D eigenvalue weighted by Gasteiger charge is 2.26. The molecule has 0 bridgehead atoms. The molecule has 0 radical (unpaired) electrons. The first kappa shape index (κ1) is 18.1. The van der Waals surface area contributed by atoms with Crippen molar-refractivity contribution in [1.29, 1.82) is 0 Å². The predicted molar refractivity (Wildman–Crippen MR) is 96.1 cm³/mol. The van der Waals surface area contributed by atoms with E-state index in [0.29, 0.717) is 31.9 Å². The number of amides is 1. The molecule has 134 valence electrons. The molecule has 1 amide bonds. The number of rotatable bonds is 5. The molecule has 1 fully saturated rings. The average Bonchev–Trinajstić information content (AvgIpc) is 3.13. The van der Waals surface area contributed by atoms with E-state index in [4.69, 9.17) is 4.74 Å². The largest absolute Gasteiger partial charge is 0.378 e. The Labute approximate surface area is 151 Å². The highest BCUT2D eigenvalue weighted by atomic mass is 32.2. The van der Waals surface area contributed by atoms with Crippen LogP contribution in [0, 0.1) is 0 Å². The third kappa shape index (κ3) is 4.09.